The van der Waals surface area contributed by atoms with Crippen LogP contribution < -0.4 is 9.64 Å². The molecule has 0 aliphatic carbocycles. The van der Waals surface area contributed by atoms with Gasteiger partial charge in [-0.05, 0) is 85.2 Å². The SMILES string of the molecule is CCCCc1ccc(N2C(=O)C(=O)/C(=C(/O)c3cc(C)c(OC)cc3C)C2c2ccc(CC)cc2)cc1. The Hall–Kier alpha value is -3.86. The van der Waals surface area contributed by atoms with Crippen LogP contribution in [0.15, 0.2) is 66.2 Å². The molecule has 1 saturated heterocycles. The summed E-state index contributed by atoms with van der Waals surface area (Å²) in [6, 6.07) is 18.6. The van der Waals surface area contributed by atoms with E-state index < -0.39 is 17.7 Å². The Labute approximate surface area is 219 Å². The highest BCUT2D eigenvalue weighted by Gasteiger charge is 2.47. The molecule has 5 nitrogen and oxygen atoms in total. The van der Waals surface area contributed by atoms with Crippen LogP contribution in [0, 0.1) is 13.8 Å². The van der Waals surface area contributed by atoms with E-state index in [0.29, 0.717) is 17.0 Å². The maximum atomic E-state index is 13.5. The van der Waals surface area contributed by atoms with E-state index in [9.17, 15) is 14.7 Å². The number of rotatable bonds is 8. The average molecular weight is 498 g/mol. The molecule has 1 aliphatic rings. The number of anilines is 1. The molecule has 0 saturated carbocycles. The number of Topliss-reactive ketones (excluding diaryl/α,β-unsaturated/α-hetero) is 1. The normalized spacial score (nSPS) is 16.9. The summed E-state index contributed by atoms with van der Waals surface area (Å²) in [6.45, 7) is 7.97. The smallest absolute Gasteiger partial charge is 0.300 e. The summed E-state index contributed by atoms with van der Waals surface area (Å²) in [5, 5.41) is 11.6. The van der Waals surface area contributed by atoms with Crippen molar-refractivity contribution in [3.8, 4) is 5.75 Å². The fourth-order valence-corrected chi connectivity index (χ4v) is 4.96. The number of ketones is 1. The molecule has 1 aliphatic heterocycles. The van der Waals surface area contributed by atoms with Gasteiger partial charge in [0.15, 0.2) is 0 Å². The second-order valence-corrected chi connectivity index (χ2v) is 9.67. The van der Waals surface area contributed by atoms with E-state index >= 15 is 0 Å². The van der Waals surface area contributed by atoms with Crippen molar-refractivity contribution in [2.45, 2.75) is 59.4 Å². The summed E-state index contributed by atoms with van der Waals surface area (Å²) in [5.74, 6) is -0.807. The van der Waals surface area contributed by atoms with Crippen molar-refractivity contribution < 1.29 is 19.4 Å². The number of aliphatic hydroxyl groups is 1. The first-order valence-electron chi connectivity index (χ1n) is 12.9. The molecule has 5 heteroatoms. The van der Waals surface area contributed by atoms with E-state index in [1.165, 1.54) is 10.5 Å². The van der Waals surface area contributed by atoms with E-state index in [0.717, 1.165) is 47.9 Å². The molecule has 0 aromatic heterocycles. The highest BCUT2D eigenvalue weighted by molar-refractivity contribution is 6.51. The first kappa shape index (κ1) is 26.2. The first-order valence-corrected chi connectivity index (χ1v) is 12.9. The molecule has 1 fully saturated rings. The van der Waals surface area contributed by atoms with Crippen molar-refractivity contribution in [3.63, 3.8) is 0 Å². The van der Waals surface area contributed by atoms with Crippen LogP contribution in [0.4, 0.5) is 5.69 Å². The van der Waals surface area contributed by atoms with Crippen LogP contribution >= 0.6 is 0 Å². The third-order valence-electron chi connectivity index (χ3n) is 7.18. The zero-order chi connectivity index (χ0) is 26.7. The van der Waals surface area contributed by atoms with Crippen LogP contribution in [0.5, 0.6) is 5.75 Å². The van der Waals surface area contributed by atoms with Gasteiger partial charge in [0, 0.05) is 11.3 Å². The number of unbranched alkanes of at least 4 members (excludes halogenated alkanes) is 1. The van der Waals surface area contributed by atoms with Gasteiger partial charge in [-0.25, -0.2) is 0 Å². The van der Waals surface area contributed by atoms with Crippen LogP contribution in [0.25, 0.3) is 5.76 Å². The van der Waals surface area contributed by atoms with E-state index in [-0.39, 0.29) is 11.3 Å². The number of methoxy groups -OCH3 is 1. The van der Waals surface area contributed by atoms with Crippen molar-refractivity contribution in [2.75, 3.05) is 12.0 Å². The van der Waals surface area contributed by atoms with Crippen LogP contribution in [0.3, 0.4) is 0 Å². The summed E-state index contributed by atoms with van der Waals surface area (Å²) < 4.78 is 5.42. The minimum Gasteiger partial charge on any atom is -0.507 e. The standard InChI is InChI=1S/C32H35NO4/c1-6-8-9-23-12-16-25(17-13-23)33-29(24-14-10-22(7-2)11-15-24)28(31(35)32(33)36)30(34)26-18-21(4)27(37-5)19-20(26)3/h10-19,29,34H,6-9H2,1-5H3/b30-28+. The summed E-state index contributed by atoms with van der Waals surface area (Å²) in [7, 11) is 1.60. The van der Waals surface area contributed by atoms with Crippen molar-refractivity contribution in [3.05, 3.63) is 99.6 Å². The number of carbonyl (C=O) groups is 2. The molecule has 4 rings (SSSR count). The Bertz CT molecular complexity index is 1340. The third kappa shape index (κ3) is 5.04. The quantitative estimate of drug-likeness (QED) is 0.210. The number of carbonyl (C=O) groups excluding carboxylic acids is 2. The monoisotopic (exact) mass is 497 g/mol. The van der Waals surface area contributed by atoms with E-state index in [1.807, 2.05) is 68.4 Å². The Morgan fingerprint density at radius 3 is 2.16 bits per heavy atom. The highest BCUT2D eigenvalue weighted by atomic mass is 16.5. The van der Waals surface area contributed by atoms with E-state index in [1.54, 1.807) is 13.2 Å². The number of benzene rings is 3. The Morgan fingerprint density at radius 2 is 1.57 bits per heavy atom. The predicted molar refractivity (Wildman–Crippen MR) is 148 cm³/mol. The zero-order valence-corrected chi connectivity index (χ0v) is 22.3. The van der Waals surface area contributed by atoms with E-state index in [4.69, 9.17) is 4.74 Å². The number of nitrogens with zero attached hydrogens (tertiary/aromatic N) is 1. The number of ether oxygens (including phenoxy) is 1. The number of aryl methyl sites for hydroxylation is 4. The molecule has 0 spiro atoms. The second kappa shape index (κ2) is 11.0. The van der Waals surface area contributed by atoms with Crippen molar-refractivity contribution in [1.82, 2.24) is 0 Å². The maximum Gasteiger partial charge on any atom is 0.300 e. The van der Waals surface area contributed by atoms with Gasteiger partial charge in [-0.3, -0.25) is 14.5 Å². The summed E-state index contributed by atoms with van der Waals surface area (Å²) in [6.07, 6.45) is 4.04. The van der Waals surface area contributed by atoms with Gasteiger partial charge >= 0.3 is 0 Å². The topological polar surface area (TPSA) is 66.8 Å². The van der Waals surface area contributed by atoms with Gasteiger partial charge < -0.3 is 9.84 Å². The predicted octanol–water partition coefficient (Wildman–Crippen LogP) is 6.84. The molecule has 1 heterocycles. The Kier molecular flexibility index (Phi) is 7.82. The molecule has 1 unspecified atom stereocenters. The molecule has 1 amide bonds. The fourth-order valence-electron chi connectivity index (χ4n) is 4.96. The molecule has 0 bridgehead atoms. The van der Waals surface area contributed by atoms with Gasteiger partial charge in [-0.2, -0.15) is 0 Å². The maximum absolute atomic E-state index is 13.5. The van der Waals surface area contributed by atoms with Crippen LogP contribution in [0.1, 0.15) is 66.1 Å². The lowest BCUT2D eigenvalue weighted by Gasteiger charge is -2.26. The number of amides is 1. The summed E-state index contributed by atoms with van der Waals surface area (Å²) >= 11 is 0. The van der Waals surface area contributed by atoms with Crippen molar-refractivity contribution in [1.29, 1.82) is 0 Å². The van der Waals surface area contributed by atoms with Crippen molar-refractivity contribution in [2.24, 2.45) is 0 Å². The molecule has 37 heavy (non-hydrogen) atoms. The van der Waals surface area contributed by atoms with Crippen LogP contribution in [0.2, 0.25) is 0 Å². The average Bonchev–Trinajstić information content (AvgIpc) is 3.18. The fraction of sp³-hybridized carbons (Fsp3) is 0.312. The minimum atomic E-state index is -0.741. The molecule has 3 aromatic rings. The van der Waals surface area contributed by atoms with Gasteiger partial charge in [0.05, 0.1) is 18.7 Å². The first-order chi connectivity index (χ1) is 17.8. The molecule has 1 atom stereocenters. The Balaban J connectivity index is 1.88. The number of hydrogen-bond acceptors (Lipinski definition) is 4. The van der Waals surface area contributed by atoms with Gasteiger partial charge in [0.25, 0.3) is 11.7 Å². The molecular weight excluding hydrogens is 462 g/mol. The zero-order valence-electron chi connectivity index (χ0n) is 22.3. The third-order valence-corrected chi connectivity index (χ3v) is 7.18. The van der Waals surface area contributed by atoms with Gasteiger partial charge in [0.2, 0.25) is 0 Å². The van der Waals surface area contributed by atoms with Gasteiger partial charge in [-0.1, -0.05) is 56.7 Å². The second-order valence-electron chi connectivity index (χ2n) is 9.67. The van der Waals surface area contributed by atoms with Gasteiger partial charge in [-0.15, -0.1) is 0 Å². The van der Waals surface area contributed by atoms with Gasteiger partial charge in [0.1, 0.15) is 11.5 Å². The number of hydrogen-bond donors (Lipinski definition) is 1. The molecule has 192 valence electrons. The largest absolute Gasteiger partial charge is 0.507 e. The van der Waals surface area contributed by atoms with Crippen LogP contribution in [-0.2, 0) is 22.4 Å². The van der Waals surface area contributed by atoms with E-state index in [2.05, 4.69) is 13.8 Å². The lowest BCUT2D eigenvalue weighted by molar-refractivity contribution is -0.132. The minimum absolute atomic E-state index is 0.0944. The Morgan fingerprint density at radius 1 is 0.919 bits per heavy atom. The molecule has 0 radical (unpaired) electrons. The number of aliphatic hydroxyl groups excluding tert-OH is 1. The van der Waals surface area contributed by atoms with Crippen LogP contribution in [-0.4, -0.2) is 23.9 Å². The molecule has 3 aromatic carbocycles. The molecular formula is C32H35NO4. The highest BCUT2D eigenvalue weighted by Crippen LogP contribution is 2.43. The van der Waals surface area contributed by atoms with Crippen molar-refractivity contribution >= 4 is 23.1 Å². The lowest BCUT2D eigenvalue weighted by Crippen LogP contribution is -2.29. The summed E-state index contributed by atoms with van der Waals surface area (Å²) in [5.41, 5.74) is 5.95. The lowest BCUT2D eigenvalue weighted by atomic mass is 9.92. The summed E-state index contributed by atoms with van der Waals surface area (Å²) in [4.78, 5) is 28.5. The molecule has 1 N–H and O–H groups in total.